The number of H-pyrrole nitrogens is 1. The summed E-state index contributed by atoms with van der Waals surface area (Å²) in [6, 6.07) is -3.51. The van der Waals surface area contributed by atoms with Gasteiger partial charge in [0.2, 0.25) is 35.5 Å². The molecule has 38 heteroatoms. The molecule has 2 heterocycles. The van der Waals surface area contributed by atoms with Crippen LogP contribution in [0.15, 0.2) is 35.3 Å². The molecular formula is C49H73N13O24S. The monoisotopic (exact) mass is 1260 g/mol. The van der Waals surface area contributed by atoms with E-state index in [2.05, 4.69) is 75.1 Å². The minimum Gasteiger partial charge on any atom is -0.481 e. The van der Waals surface area contributed by atoms with Gasteiger partial charge in [-0.15, -0.1) is 0 Å². The Morgan fingerprint density at radius 2 is 1.07 bits per heavy atom. The van der Waals surface area contributed by atoms with Crippen LogP contribution in [0, 0.1) is 0 Å². The number of nitrogens with one attached hydrogen (secondary N) is 9. The van der Waals surface area contributed by atoms with Gasteiger partial charge in [0.25, 0.3) is 11.5 Å². The first-order valence-corrected chi connectivity index (χ1v) is 27.1. The van der Waals surface area contributed by atoms with Gasteiger partial charge in [-0.05, 0) is 56.4 Å². The zero-order valence-corrected chi connectivity index (χ0v) is 47.0. The van der Waals surface area contributed by atoms with Gasteiger partial charge >= 0.3 is 17.9 Å². The number of aromatic amines is 1. The van der Waals surface area contributed by atoms with E-state index >= 15 is 0 Å². The smallest absolute Gasteiger partial charge is 0.327 e. The molecule has 14 atom stereocenters. The molecule has 0 radical (unpaired) electrons. The molecule has 0 saturated carbocycles. The highest BCUT2D eigenvalue weighted by molar-refractivity contribution is 7.80. The molecule has 0 aliphatic rings. The van der Waals surface area contributed by atoms with Gasteiger partial charge in [0.15, 0.2) is 11.2 Å². The standard InChI is InChI=1S/C49H73N13O24S/c50-49-61-41-36(46(82)62-49)55-22(14-54-41)13-51-21-3-1-20(2-4-21)42(78)59-26(47(83)84)7-11-34(71)56-23(5-9-32(69)52-15-28(65)37(74)39(76)30(67)17-63)43(79)58-25(8-12-35(72)73)44(80)57-24(45(81)60-27(19-87)48(85)86)6-10-33(70)53-16-29(66)38(75)40(77)31(68)18-64/h1-4,14,23-31,33,37-40,51,53,63-68,70,74-77,87H,5-13,15-19H2,(H,52,69)(H,56,71)(H,57,80)(H,58,79)(H,59,78)(H,60,81)(H,72,73)(H,83,84)(H,85,86)(H3,50,54,61,62,82)/t23-,24-,25-,26-,27-,28-,29-,30+,31+,33?,37+,38+,39+,40+/m0/s1. The number of aliphatic hydroxyl groups excluding tert-OH is 11. The first kappa shape index (κ1) is 73.4. The van der Waals surface area contributed by atoms with Crippen molar-refractivity contribution in [1.29, 1.82) is 0 Å². The summed E-state index contributed by atoms with van der Waals surface area (Å²) in [6.45, 7) is -3.44. The van der Waals surface area contributed by atoms with Crippen LogP contribution in [0.3, 0.4) is 0 Å². The van der Waals surface area contributed by atoms with Gasteiger partial charge < -0.3 is 114 Å². The van der Waals surface area contributed by atoms with Crippen molar-refractivity contribution in [3.05, 3.63) is 52.1 Å². The number of hydrogen-bond donors (Lipinski definition) is 25. The summed E-state index contributed by atoms with van der Waals surface area (Å²) >= 11 is 3.88. The average Bonchev–Trinajstić information content (AvgIpc) is 2.28. The molecule has 6 amide bonds. The Kier molecular flexibility index (Phi) is 30.6. The number of fused-ring (bicyclic) bond motifs is 1. The molecule has 0 saturated heterocycles. The molecular weight excluding hydrogens is 1190 g/mol. The number of hydrogen-bond acceptors (Lipinski definition) is 28. The summed E-state index contributed by atoms with van der Waals surface area (Å²) in [5.41, 5.74) is 5.62. The van der Waals surface area contributed by atoms with Crippen molar-refractivity contribution >= 4 is 88.8 Å². The van der Waals surface area contributed by atoms with Crippen LogP contribution in [-0.4, -0.2) is 262 Å². The maximum atomic E-state index is 14.1. The fraction of sp³-hybridized carbons (Fsp3) is 0.571. The van der Waals surface area contributed by atoms with Crippen molar-refractivity contribution in [2.45, 2.75) is 143 Å². The molecule has 2 aromatic heterocycles. The first-order valence-electron chi connectivity index (χ1n) is 26.5. The Morgan fingerprint density at radius 3 is 1.61 bits per heavy atom. The maximum Gasteiger partial charge on any atom is 0.327 e. The zero-order valence-electron chi connectivity index (χ0n) is 46.1. The van der Waals surface area contributed by atoms with Crippen molar-refractivity contribution in [3.63, 3.8) is 0 Å². The number of benzene rings is 1. The molecule has 3 aromatic rings. The quantitative estimate of drug-likeness (QED) is 0.0186. The van der Waals surface area contributed by atoms with Gasteiger partial charge in [-0.3, -0.25) is 48.7 Å². The van der Waals surface area contributed by atoms with Crippen molar-refractivity contribution in [2.24, 2.45) is 0 Å². The van der Waals surface area contributed by atoms with Crippen LogP contribution in [0.1, 0.15) is 67.4 Å². The molecule has 0 bridgehead atoms. The van der Waals surface area contributed by atoms with Crippen LogP contribution in [0.25, 0.3) is 11.2 Å². The van der Waals surface area contributed by atoms with E-state index in [1.807, 2.05) is 0 Å². The highest BCUT2D eigenvalue weighted by atomic mass is 32.1. The molecule has 3 rings (SSSR count). The van der Waals surface area contributed by atoms with Crippen LogP contribution < -0.4 is 53.8 Å². The Balaban J connectivity index is 1.83. The largest absolute Gasteiger partial charge is 0.481 e. The van der Waals surface area contributed by atoms with E-state index in [9.17, 15) is 109 Å². The Morgan fingerprint density at radius 1 is 0.575 bits per heavy atom. The van der Waals surface area contributed by atoms with E-state index in [0.29, 0.717) is 11.4 Å². The lowest BCUT2D eigenvalue weighted by atomic mass is 10.0. The third-order valence-corrected chi connectivity index (χ3v) is 13.2. The Bertz CT molecular complexity index is 2860. The molecule has 1 aromatic carbocycles. The number of thiol groups is 1. The summed E-state index contributed by atoms with van der Waals surface area (Å²) in [6.07, 6.45) is -21.8. The van der Waals surface area contributed by atoms with E-state index < -0.39 is 228 Å². The van der Waals surface area contributed by atoms with Crippen LogP contribution in [0.5, 0.6) is 0 Å². The number of carboxylic acid groups (broad SMARTS) is 3. The third kappa shape index (κ3) is 24.4. The summed E-state index contributed by atoms with van der Waals surface area (Å²) in [5, 5.41) is 156. The van der Waals surface area contributed by atoms with Crippen molar-refractivity contribution < 1.29 is 115 Å². The van der Waals surface area contributed by atoms with E-state index in [1.165, 1.54) is 30.5 Å². The lowest BCUT2D eigenvalue weighted by Gasteiger charge is -2.27. The van der Waals surface area contributed by atoms with E-state index in [1.54, 1.807) is 0 Å². The van der Waals surface area contributed by atoms with Crippen molar-refractivity contribution in [3.8, 4) is 0 Å². The van der Waals surface area contributed by atoms with E-state index in [0.717, 1.165) is 0 Å². The number of carbonyl (C=O) groups excluding carboxylic acids is 6. The number of anilines is 2. The molecule has 1 unspecified atom stereocenters. The summed E-state index contributed by atoms with van der Waals surface area (Å²) in [7, 11) is 0. The van der Waals surface area contributed by atoms with Gasteiger partial charge in [-0.2, -0.15) is 17.6 Å². The number of carboxylic acids is 3. The number of aliphatic hydroxyl groups is 11. The molecule has 87 heavy (non-hydrogen) atoms. The number of nitrogens with two attached hydrogens (primary N) is 1. The van der Waals surface area contributed by atoms with Gasteiger partial charge in [0.05, 0.1) is 43.9 Å². The van der Waals surface area contributed by atoms with Gasteiger partial charge in [0.1, 0.15) is 73.1 Å². The molecule has 484 valence electrons. The minimum absolute atomic E-state index is 0.0204. The Hall–Kier alpha value is -7.86. The first-order chi connectivity index (χ1) is 41.0. The lowest BCUT2D eigenvalue weighted by molar-refractivity contribution is -0.142. The van der Waals surface area contributed by atoms with Crippen LogP contribution in [0.4, 0.5) is 11.6 Å². The summed E-state index contributed by atoms with van der Waals surface area (Å²) < 4.78 is 0. The molecule has 0 aliphatic carbocycles. The molecule has 37 nitrogen and oxygen atoms in total. The number of rotatable bonds is 40. The number of nitrogen functional groups attached to an aromatic ring is 1. The maximum absolute atomic E-state index is 14.1. The lowest BCUT2D eigenvalue weighted by Crippen LogP contribution is -2.58. The number of amides is 6. The second kappa shape index (κ2) is 36.3. The van der Waals surface area contributed by atoms with E-state index in [-0.39, 0.29) is 29.2 Å². The number of aliphatic carboxylic acids is 3. The third-order valence-electron chi connectivity index (χ3n) is 12.8. The van der Waals surface area contributed by atoms with Gasteiger partial charge in [-0.25, -0.2) is 19.6 Å². The normalized spacial score (nSPS) is 16.3. The molecule has 25 N–H and O–H groups in total. The molecule has 0 spiro atoms. The Labute approximate surface area is 497 Å². The van der Waals surface area contributed by atoms with Gasteiger partial charge in [0, 0.05) is 49.4 Å². The second-order valence-corrected chi connectivity index (χ2v) is 19.9. The predicted molar refractivity (Wildman–Crippen MR) is 298 cm³/mol. The predicted octanol–water partition coefficient (Wildman–Crippen LogP) is -9.85. The average molecular weight is 1260 g/mol. The fourth-order valence-electron chi connectivity index (χ4n) is 7.74. The van der Waals surface area contributed by atoms with E-state index in [4.69, 9.17) is 15.9 Å². The van der Waals surface area contributed by atoms with Crippen LogP contribution >= 0.6 is 12.6 Å². The summed E-state index contributed by atoms with van der Waals surface area (Å²) in [4.78, 5) is 144. The van der Waals surface area contributed by atoms with Crippen LogP contribution in [-0.2, 0) is 44.9 Å². The second-order valence-electron chi connectivity index (χ2n) is 19.5. The number of aromatic nitrogens is 4. The molecule has 0 fully saturated rings. The summed E-state index contributed by atoms with van der Waals surface area (Å²) in [5.74, 6) is -12.2. The van der Waals surface area contributed by atoms with Crippen LogP contribution in [0.2, 0.25) is 0 Å². The number of carbonyl (C=O) groups is 9. The van der Waals surface area contributed by atoms with Crippen molar-refractivity contribution in [1.82, 2.24) is 57.2 Å². The minimum atomic E-state index is -2.11. The zero-order chi connectivity index (χ0) is 65.2. The van der Waals surface area contributed by atoms with Gasteiger partial charge in [-0.1, -0.05) is 0 Å². The topological polar surface area (TPSA) is 631 Å². The fourth-order valence-corrected chi connectivity index (χ4v) is 7.99. The highest BCUT2D eigenvalue weighted by Crippen LogP contribution is 2.15. The number of nitrogens with zero attached hydrogens (tertiary/aromatic N) is 3. The molecule has 0 aliphatic heterocycles. The SMILES string of the molecule is Nc1nc2ncc(CNc3ccc(C(=O)N[C@@H](CCC(=O)N[C@@H](CCC(=O)NC[C@H](O)[C@@H](O)[C@H](O)[C@H](O)CO)C(=O)N[C@@H](CCC(=O)O)C(=O)N[C@@H](CCC(O)NC[C@H](O)[C@@H](O)[C@H](O)[C@H](O)CO)C(=O)N[C@@H](CS)C(=O)O)C(=O)O)cc3)nc2c(=O)[nH]1. The van der Waals surface area contributed by atoms with Crippen molar-refractivity contribution in [2.75, 3.05) is 43.1 Å². The highest BCUT2D eigenvalue weighted by Gasteiger charge is 2.35.